The number of rotatable bonds is 4. The molecule has 0 radical (unpaired) electrons. The largest absolute Gasteiger partial charge is 0.480 e. The van der Waals surface area contributed by atoms with Crippen LogP contribution in [0.4, 0.5) is 9.59 Å². The third-order valence-corrected chi connectivity index (χ3v) is 5.75. The van der Waals surface area contributed by atoms with E-state index in [1.54, 1.807) is 0 Å². The number of hydrogen-bond acceptors (Lipinski definition) is 6. The quantitative estimate of drug-likeness (QED) is 0.442. The van der Waals surface area contributed by atoms with Gasteiger partial charge in [-0.1, -0.05) is 0 Å². The minimum Gasteiger partial charge on any atom is -0.480 e. The Morgan fingerprint density at radius 1 is 0.846 bits per heavy atom. The summed E-state index contributed by atoms with van der Waals surface area (Å²) in [4.78, 5) is 73.3. The van der Waals surface area contributed by atoms with Crippen molar-refractivity contribution in [3.8, 4) is 0 Å². The second-order valence-corrected chi connectivity index (χ2v) is 6.86. The SMILES string of the molecule is C[C@]12C(=O)NC(=O)N(CC(=O)O)C1C1N(CC(=O)O)C(=O)NC(=O)[C@]12C. The average Bonchev–Trinajstić information content (AvgIpc) is 2.51. The molecule has 12 nitrogen and oxygen atoms in total. The summed E-state index contributed by atoms with van der Waals surface area (Å²) >= 11 is 0. The maximum atomic E-state index is 12.5. The van der Waals surface area contributed by atoms with Crippen LogP contribution in [0.25, 0.3) is 0 Å². The van der Waals surface area contributed by atoms with Gasteiger partial charge in [0.05, 0.1) is 22.9 Å². The lowest BCUT2D eigenvalue weighted by molar-refractivity contribution is -0.214. The van der Waals surface area contributed by atoms with E-state index in [0.29, 0.717) is 0 Å². The van der Waals surface area contributed by atoms with Crippen molar-refractivity contribution >= 4 is 35.8 Å². The van der Waals surface area contributed by atoms with Gasteiger partial charge in [0, 0.05) is 0 Å². The number of carboxylic acid groups (broad SMARTS) is 2. The lowest BCUT2D eigenvalue weighted by Crippen LogP contribution is -2.91. The van der Waals surface area contributed by atoms with Crippen LogP contribution in [0.3, 0.4) is 0 Å². The molecule has 1 aliphatic carbocycles. The van der Waals surface area contributed by atoms with Crippen molar-refractivity contribution in [1.82, 2.24) is 20.4 Å². The fraction of sp³-hybridized carbons (Fsp3) is 0.571. The second-order valence-electron chi connectivity index (χ2n) is 6.86. The molecule has 1 saturated carbocycles. The predicted molar refractivity (Wildman–Crippen MR) is 79.6 cm³/mol. The van der Waals surface area contributed by atoms with Gasteiger partial charge in [-0.2, -0.15) is 0 Å². The van der Waals surface area contributed by atoms with E-state index in [4.69, 9.17) is 10.2 Å². The van der Waals surface area contributed by atoms with E-state index in [-0.39, 0.29) is 0 Å². The molecular weight excluding hydrogens is 352 g/mol. The molecule has 2 aliphatic heterocycles. The Kier molecular flexibility index (Phi) is 3.50. The van der Waals surface area contributed by atoms with Gasteiger partial charge in [0.15, 0.2) is 0 Å². The molecule has 26 heavy (non-hydrogen) atoms. The van der Waals surface area contributed by atoms with Gasteiger partial charge in [-0.15, -0.1) is 0 Å². The molecule has 0 aromatic carbocycles. The third kappa shape index (κ3) is 1.89. The highest BCUT2D eigenvalue weighted by atomic mass is 16.4. The van der Waals surface area contributed by atoms with Gasteiger partial charge >= 0.3 is 24.0 Å². The number of imide groups is 2. The number of amides is 6. The molecule has 0 bridgehead atoms. The molecule has 140 valence electrons. The first-order valence-electron chi connectivity index (χ1n) is 7.64. The number of carboxylic acids is 2. The Morgan fingerprint density at radius 2 is 1.15 bits per heavy atom. The highest BCUT2D eigenvalue weighted by Crippen LogP contribution is 2.62. The van der Waals surface area contributed by atoms with Crippen molar-refractivity contribution < 1.29 is 39.0 Å². The monoisotopic (exact) mass is 368 g/mol. The zero-order valence-corrected chi connectivity index (χ0v) is 13.8. The smallest absolute Gasteiger partial charge is 0.324 e. The summed E-state index contributed by atoms with van der Waals surface area (Å²) in [6.45, 7) is 1.23. The molecule has 4 N–H and O–H groups in total. The first-order valence-corrected chi connectivity index (χ1v) is 7.64. The molecule has 12 heteroatoms. The van der Waals surface area contributed by atoms with E-state index in [1.165, 1.54) is 13.8 Å². The van der Waals surface area contributed by atoms with Gasteiger partial charge < -0.3 is 20.0 Å². The van der Waals surface area contributed by atoms with Gasteiger partial charge in [-0.25, -0.2) is 9.59 Å². The summed E-state index contributed by atoms with van der Waals surface area (Å²) in [5, 5.41) is 22.2. The first kappa shape index (κ1) is 17.6. The number of carbonyl (C=O) groups excluding carboxylic acids is 4. The topological polar surface area (TPSA) is 173 Å². The van der Waals surface area contributed by atoms with Crippen LogP contribution in [0.15, 0.2) is 0 Å². The van der Waals surface area contributed by atoms with Gasteiger partial charge in [-0.05, 0) is 13.8 Å². The standard InChI is InChI=1S/C14H16N4O8/c1-13-7(17(3-5(19)20)11(25)15-9(13)23)8-14(13,2)10(24)16-12(26)18(8)4-6(21)22/h7-8H,3-4H2,1-2H3,(H,19,20)(H,21,22)(H,15,23,25)(H,16,24,26)/t7?,8?,13-,14+. The van der Waals surface area contributed by atoms with Crippen LogP contribution in [0, 0.1) is 10.8 Å². The zero-order valence-electron chi connectivity index (χ0n) is 13.8. The third-order valence-electron chi connectivity index (χ3n) is 5.75. The molecule has 3 aliphatic rings. The molecule has 2 unspecified atom stereocenters. The van der Waals surface area contributed by atoms with E-state index >= 15 is 0 Å². The summed E-state index contributed by atoms with van der Waals surface area (Å²) in [6, 6.07) is -4.26. The Hall–Kier alpha value is -3.18. The van der Waals surface area contributed by atoms with Crippen LogP contribution in [0.2, 0.25) is 0 Å². The highest BCUT2D eigenvalue weighted by Gasteiger charge is 2.81. The zero-order chi connectivity index (χ0) is 19.6. The van der Waals surface area contributed by atoms with Crippen molar-refractivity contribution in [3.63, 3.8) is 0 Å². The van der Waals surface area contributed by atoms with E-state index in [9.17, 15) is 28.8 Å². The Labute approximate surface area is 146 Å². The molecule has 6 amide bonds. The highest BCUT2D eigenvalue weighted by molar-refractivity contribution is 6.11. The van der Waals surface area contributed by atoms with Crippen LogP contribution in [-0.2, 0) is 19.2 Å². The molecule has 3 rings (SSSR count). The molecule has 4 atom stereocenters. The minimum atomic E-state index is -1.54. The summed E-state index contributed by atoms with van der Waals surface area (Å²) in [5.74, 6) is -4.29. The first-order chi connectivity index (χ1) is 12.0. The number of nitrogens with one attached hydrogen (secondary N) is 2. The number of fused-ring (bicyclic) bond motifs is 4. The average molecular weight is 368 g/mol. The Balaban J connectivity index is 2.14. The van der Waals surface area contributed by atoms with E-state index < -0.39 is 71.8 Å². The van der Waals surface area contributed by atoms with Crippen LogP contribution in [-0.4, -0.2) is 81.0 Å². The molecule has 0 spiro atoms. The van der Waals surface area contributed by atoms with Crippen LogP contribution in [0.1, 0.15) is 13.8 Å². The van der Waals surface area contributed by atoms with Gasteiger partial charge in [0.2, 0.25) is 11.8 Å². The lowest BCUT2D eigenvalue weighted by atomic mass is 9.42. The van der Waals surface area contributed by atoms with Crippen LogP contribution >= 0.6 is 0 Å². The maximum Gasteiger partial charge on any atom is 0.324 e. The maximum absolute atomic E-state index is 12.5. The molecule has 0 aromatic heterocycles. The van der Waals surface area contributed by atoms with E-state index in [0.717, 1.165) is 9.80 Å². The van der Waals surface area contributed by atoms with E-state index in [2.05, 4.69) is 0 Å². The molecule has 2 heterocycles. The van der Waals surface area contributed by atoms with Crippen molar-refractivity contribution in [2.45, 2.75) is 25.9 Å². The fourth-order valence-electron chi connectivity index (χ4n) is 4.34. The predicted octanol–water partition coefficient (Wildman–Crippen LogP) is -1.98. The number of aliphatic carboxylic acids is 2. The van der Waals surface area contributed by atoms with Crippen LogP contribution in [0.5, 0.6) is 0 Å². The van der Waals surface area contributed by atoms with Crippen molar-refractivity contribution in [3.05, 3.63) is 0 Å². The molecule has 3 fully saturated rings. The van der Waals surface area contributed by atoms with Crippen molar-refractivity contribution in [2.24, 2.45) is 10.8 Å². The number of urea groups is 2. The second kappa shape index (κ2) is 5.16. The Bertz CT molecular complexity index is 717. The summed E-state index contributed by atoms with van der Waals surface area (Å²) in [6.07, 6.45) is 0. The van der Waals surface area contributed by atoms with Crippen molar-refractivity contribution in [1.29, 1.82) is 0 Å². The van der Waals surface area contributed by atoms with Gasteiger partial charge in [-0.3, -0.25) is 29.8 Å². The van der Waals surface area contributed by atoms with Gasteiger partial charge in [0.1, 0.15) is 13.1 Å². The Morgan fingerprint density at radius 3 is 1.42 bits per heavy atom. The summed E-state index contributed by atoms with van der Waals surface area (Å²) in [5.41, 5.74) is -3.08. The van der Waals surface area contributed by atoms with Crippen LogP contribution < -0.4 is 10.6 Å². The molecule has 0 aromatic rings. The minimum absolute atomic E-state index is 0.775. The molecule has 2 saturated heterocycles. The van der Waals surface area contributed by atoms with Crippen molar-refractivity contribution in [2.75, 3.05) is 13.1 Å². The lowest BCUT2D eigenvalue weighted by Gasteiger charge is -2.70. The summed E-state index contributed by atoms with van der Waals surface area (Å²) < 4.78 is 0. The normalized spacial score (nSPS) is 35.8. The number of hydrogen-bond donors (Lipinski definition) is 4. The molecular formula is C14H16N4O8. The van der Waals surface area contributed by atoms with E-state index in [1.807, 2.05) is 10.6 Å². The van der Waals surface area contributed by atoms with Gasteiger partial charge in [0.25, 0.3) is 0 Å². The number of carbonyl (C=O) groups is 6. The summed E-state index contributed by atoms with van der Waals surface area (Å²) in [7, 11) is 0. The number of nitrogens with zero attached hydrogens (tertiary/aromatic N) is 2. The fourth-order valence-corrected chi connectivity index (χ4v) is 4.34.